The highest BCUT2D eigenvalue weighted by Gasteiger charge is 2.50. The smallest absolute Gasteiger partial charge is 0.336 e. The summed E-state index contributed by atoms with van der Waals surface area (Å²) in [6.07, 6.45) is 7.03. The largest absolute Gasteiger partial charge is 0.456 e. The maximum Gasteiger partial charge on any atom is 0.336 e. The van der Waals surface area contributed by atoms with E-state index in [1.807, 2.05) is 0 Å². The predicted molar refractivity (Wildman–Crippen MR) is 296 cm³/mol. The molecular formula is C65H69BN2O. The van der Waals surface area contributed by atoms with Crippen LogP contribution in [-0.4, -0.2) is 6.85 Å². The van der Waals surface area contributed by atoms with E-state index in [2.05, 4.69) is 209 Å². The van der Waals surface area contributed by atoms with Gasteiger partial charge < -0.3 is 14.1 Å². The first kappa shape index (κ1) is 43.3. The summed E-state index contributed by atoms with van der Waals surface area (Å²) >= 11 is 0. The molecule has 1 aromatic heterocycles. The van der Waals surface area contributed by atoms with E-state index in [1.165, 1.54) is 130 Å². The Morgan fingerprint density at radius 2 is 0.971 bits per heavy atom. The minimum atomic E-state index is -0.188. The quantitative estimate of drug-likeness (QED) is 0.161. The molecule has 0 N–H and O–H groups in total. The lowest BCUT2D eigenvalue weighted by atomic mass is 9.42. The Balaban J connectivity index is 1.22. The average molecular weight is 905 g/mol. The van der Waals surface area contributed by atoms with Gasteiger partial charge in [-0.1, -0.05) is 138 Å². The average Bonchev–Trinajstić information content (AvgIpc) is 3.69. The molecule has 0 fully saturated rings. The second-order valence-electron chi connectivity index (χ2n) is 26.1. The van der Waals surface area contributed by atoms with Crippen LogP contribution in [0.1, 0.15) is 161 Å². The fourth-order valence-corrected chi connectivity index (χ4v) is 14.2. The monoisotopic (exact) mass is 905 g/mol. The molecule has 5 aliphatic rings. The Labute approximate surface area is 411 Å². The van der Waals surface area contributed by atoms with Gasteiger partial charge in [0.15, 0.2) is 0 Å². The van der Waals surface area contributed by atoms with Crippen LogP contribution in [0.3, 0.4) is 0 Å². The van der Waals surface area contributed by atoms with E-state index in [0.717, 1.165) is 30.4 Å². The molecule has 3 aliphatic carbocycles. The van der Waals surface area contributed by atoms with E-state index in [9.17, 15) is 0 Å². The van der Waals surface area contributed by atoms with Crippen molar-refractivity contribution in [1.82, 2.24) is 0 Å². The summed E-state index contributed by atoms with van der Waals surface area (Å²) in [6, 6.07) is 43.3. The molecule has 8 aromatic rings. The maximum absolute atomic E-state index is 7.34. The molecule has 2 aliphatic heterocycles. The van der Waals surface area contributed by atoms with Crippen molar-refractivity contribution in [3.63, 3.8) is 0 Å². The van der Waals surface area contributed by atoms with Crippen molar-refractivity contribution in [2.75, 3.05) is 9.71 Å². The number of anilines is 5. The molecule has 0 radical (unpaired) electrons. The van der Waals surface area contributed by atoms with Crippen LogP contribution in [0, 0.1) is 6.92 Å². The van der Waals surface area contributed by atoms with Gasteiger partial charge in [-0.15, -0.1) is 0 Å². The topological polar surface area (TPSA) is 19.6 Å². The number of furan rings is 1. The first-order valence-corrected chi connectivity index (χ1v) is 26.2. The van der Waals surface area contributed by atoms with Gasteiger partial charge in [-0.2, -0.15) is 0 Å². The SMILES string of the molecule is Cc1cc2c(cc1N1c3ccc4c(oc5ccccc54)c3B3c4c(cc5ccccc5c41)-c1cc4c(cc1N3c1ccc3c(c1)C(C)(C)CCC3(C)C)C(C)(C)CCC4(C)C)C(C)(C)CCC2(C)C. The van der Waals surface area contributed by atoms with Crippen LogP contribution in [0.25, 0.3) is 43.8 Å². The summed E-state index contributed by atoms with van der Waals surface area (Å²) in [5, 5.41) is 4.89. The molecule has 0 bridgehead atoms. The van der Waals surface area contributed by atoms with E-state index in [0.29, 0.717) is 0 Å². The van der Waals surface area contributed by atoms with Gasteiger partial charge >= 0.3 is 6.85 Å². The molecule has 0 amide bonds. The number of benzene rings is 7. The van der Waals surface area contributed by atoms with Crippen LogP contribution in [-0.2, 0) is 32.5 Å². The van der Waals surface area contributed by atoms with Crippen LogP contribution in [0.5, 0.6) is 0 Å². The first-order valence-electron chi connectivity index (χ1n) is 26.2. The molecule has 13 rings (SSSR count). The fourth-order valence-electron chi connectivity index (χ4n) is 14.2. The maximum atomic E-state index is 7.34. The standard InChI is InChI=1S/C65H69BN2O/c1-38-32-47-50(64(10,11)30-28-61(47,4)5)36-53(38)67-52-25-23-43-42-20-16-17-21-55(42)69-59(43)57(52)66-56-45(33-39-18-14-15-19-41(39)58(56)67)44-35-49-51(65(12,13)31-29-63(49,8)9)37-54(44)68(66)40-22-24-46-48(34-40)62(6,7)27-26-60(46,2)3/h14-25,32-37H,26-31H2,1-13H3. The Hall–Kier alpha value is -5.74. The zero-order valence-electron chi connectivity index (χ0n) is 43.5. The summed E-state index contributed by atoms with van der Waals surface area (Å²) < 4.78 is 7.34. The van der Waals surface area contributed by atoms with Gasteiger partial charge in [-0.25, -0.2) is 0 Å². The third-order valence-electron chi connectivity index (χ3n) is 18.9. The zero-order chi connectivity index (χ0) is 48.1. The van der Waals surface area contributed by atoms with Crippen molar-refractivity contribution in [2.45, 2.75) is 161 Å². The number of para-hydroxylation sites is 1. The highest BCUT2D eigenvalue weighted by molar-refractivity contribution is 6.95. The Morgan fingerprint density at radius 1 is 0.435 bits per heavy atom. The van der Waals surface area contributed by atoms with Gasteiger partial charge in [0, 0.05) is 49.9 Å². The van der Waals surface area contributed by atoms with Crippen LogP contribution < -0.4 is 20.6 Å². The normalized spacial score (nSPS) is 20.5. The van der Waals surface area contributed by atoms with Crippen molar-refractivity contribution in [3.05, 3.63) is 148 Å². The highest BCUT2D eigenvalue weighted by Crippen LogP contribution is 2.57. The molecule has 3 nitrogen and oxygen atoms in total. The third-order valence-corrected chi connectivity index (χ3v) is 18.9. The number of fused-ring (bicyclic) bond motifs is 13. The molecule has 69 heavy (non-hydrogen) atoms. The number of aryl methyl sites for hydroxylation is 1. The second-order valence-corrected chi connectivity index (χ2v) is 26.1. The number of rotatable bonds is 2. The van der Waals surface area contributed by atoms with Crippen LogP contribution in [0.2, 0.25) is 0 Å². The molecule has 0 unspecified atom stereocenters. The van der Waals surface area contributed by atoms with E-state index < -0.39 is 0 Å². The summed E-state index contributed by atoms with van der Waals surface area (Å²) in [7, 11) is 0. The van der Waals surface area contributed by atoms with Crippen LogP contribution >= 0.6 is 0 Å². The zero-order valence-corrected chi connectivity index (χ0v) is 43.5. The Bertz CT molecular complexity index is 3560. The molecule has 7 aromatic carbocycles. The molecule has 0 saturated heterocycles. The molecule has 0 spiro atoms. The minimum Gasteiger partial charge on any atom is -0.456 e. The van der Waals surface area contributed by atoms with Crippen molar-refractivity contribution in [2.24, 2.45) is 0 Å². The Morgan fingerprint density at radius 3 is 1.62 bits per heavy atom. The van der Waals surface area contributed by atoms with E-state index in [-0.39, 0.29) is 39.3 Å². The van der Waals surface area contributed by atoms with E-state index in [1.54, 1.807) is 0 Å². The third kappa shape index (κ3) is 5.93. The van der Waals surface area contributed by atoms with Gasteiger partial charge in [0.2, 0.25) is 0 Å². The molecule has 0 saturated carbocycles. The number of nitrogens with zero attached hydrogens (tertiary/aromatic N) is 2. The van der Waals surface area contributed by atoms with Crippen LogP contribution in [0.4, 0.5) is 28.4 Å². The molecular weight excluding hydrogens is 836 g/mol. The van der Waals surface area contributed by atoms with E-state index >= 15 is 0 Å². The molecule has 0 atom stereocenters. The van der Waals surface area contributed by atoms with Crippen LogP contribution in [0.15, 0.2) is 114 Å². The van der Waals surface area contributed by atoms with E-state index in [4.69, 9.17) is 4.42 Å². The first-order chi connectivity index (χ1) is 32.6. The van der Waals surface area contributed by atoms with Gasteiger partial charge in [-0.05, 0) is 188 Å². The number of hydrogen-bond donors (Lipinski definition) is 0. The van der Waals surface area contributed by atoms with Gasteiger partial charge in [0.25, 0.3) is 0 Å². The lowest BCUT2D eigenvalue weighted by Gasteiger charge is -2.49. The minimum absolute atomic E-state index is 0.0296. The van der Waals surface area contributed by atoms with Crippen molar-refractivity contribution in [1.29, 1.82) is 0 Å². The summed E-state index contributed by atoms with van der Waals surface area (Å²) in [6.45, 7) is 31.8. The summed E-state index contributed by atoms with van der Waals surface area (Å²) in [5.41, 5.74) is 24.1. The predicted octanol–water partition coefficient (Wildman–Crippen LogP) is 16.8. The fraction of sp³-hybridized carbons (Fsp3) is 0.385. The molecule has 348 valence electrons. The summed E-state index contributed by atoms with van der Waals surface area (Å²) in [4.78, 5) is 5.49. The molecule has 3 heterocycles. The highest BCUT2D eigenvalue weighted by atomic mass is 16.3. The summed E-state index contributed by atoms with van der Waals surface area (Å²) in [5.74, 6) is 0. The second kappa shape index (κ2) is 13.8. The Kier molecular flexibility index (Phi) is 8.64. The lowest BCUT2D eigenvalue weighted by molar-refractivity contribution is 0.332. The molecule has 4 heteroatoms. The van der Waals surface area contributed by atoms with Gasteiger partial charge in [-0.3, -0.25) is 0 Å². The van der Waals surface area contributed by atoms with Gasteiger partial charge in [0.1, 0.15) is 11.2 Å². The number of hydrogen-bond acceptors (Lipinski definition) is 3. The van der Waals surface area contributed by atoms with Crippen molar-refractivity contribution < 1.29 is 4.42 Å². The van der Waals surface area contributed by atoms with Crippen molar-refractivity contribution >= 4 is 78.9 Å². The van der Waals surface area contributed by atoms with Crippen molar-refractivity contribution in [3.8, 4) is 11.1 Å². The lowest BCUT2D eigenvalue weighted by Crippen LogP contribution is -2.62. The van der Waals surface area contributed by atoms with Gasteiger partial charge in [0.05, 0.1) is 5.69 Å².